The molecule has 0 heterocycles. The van der Waals surface area contributed by atoms with Gasteiger partial charge in [-0.1, -0.05) is 34.6 Å². The Morgan fingerprint density at radius 2 is 1.57 bits per heavy atom. The number of hydrogen-bond acceptors (Lipinski definition) is 0. The first-order chi connectivity index (χ1) is 6.52. The average molecular weight is 194 g/mol. The van der Waals surface area contributed by atoms with Crippen LogP contribution in [0.25, 0.3) is 0 Å². The summed E-state index contributed by atoms with van der Waals surface area (Å²) in [5.41, 5.74) is 0. The molecule has 82 valence electrons. The fourth-order valence-corrected chi connectivity index (χ4v) is 3.90. The highest BCUT2D eigenvalue weighted by Crippen LogP contribution is 2.59. The molecule has 0 aromatic rings. The molecule has 0 aliphatic heterocycles. The molecule has 6 atom stereocenters. The number of hydrogen-bond donors (Lipinski definition) is 0. The van der Waals surface area contributed by atoms with Crippen molar-refractivity contribution in [3.05, 3.63) is 0 Å². The molecule has 2 aliphatic carbocycles. The highest BCUT2D eigenvalue weighted by atomic mass is 14.6. The van der Waals surface area contributed by atoms with Crippen molar-refractivity contribution in [2.45, 2.75) is 47.5 Å². The second-order valence-electron chi connectivity index (χ2n) is 6.40. The van der Waals surface area contributed by atoms with Crippen LogP contribution in [0.2, 0.25) is 0 Å². The van der Waals surface area contributed by atoms with Crippen molar-refractivity contribution in [3.8, 4) is 0 Å². The van der Waals surface area contributed by atoms with E-state index in [-0.39, 0.29) is 0 Å². The van der Waals surface area contributed by atoms with Crippen LogP contribution in [0.3, 0.4) is 0 Å². The molecule has 0 nitrogen and oxygen atoms in total. The molecule has 0 radical (unpaired) electrons. The molecule has 0 saturated heterocycles. The summed E-state index contributed by atoms with van der Waals surface area (Å²) >= 11 is 0. The van der Waals surface area contributed by atoms with Gasteiger partial charge in [-0.05, 0) is 54.3 Å². The van der Waals surface area contributed by atoms with E-state index in [2.05, 4.69) is 34.6 Å². The molecule has 0 aromatic carbocycles. The summed E-state index contributed by atoms with van der Waals surface area (Å²) in [4.78, 5) is 0. The van der Waals surface area contributed by atoms with Crippen LogP contribution >= 0.6 is 0 Å². The summed E-state index contributed by atoms with van der Waals surface area (Å²) in [5, 5.41) is 0. The molecule has 0 spiro atoms. The van der Waals surface area contributed by atoms with Crippen LogP contribution in [0.4, 0.5) is 0 Å². The van der Waals surface area contributed by atoms with Crippen LogP contribution in [0.5, 0.6) is 0 Å². The van der Waals surface area contributed by atoms with Gasteiger partial charge in [0.2, 0.25) is 0 Å². The number of rotatable bonds is 2. The van der Waals surface area contributed by atoms with Crippen molar-refractivity contribution in [1.29, 1.82) is 0 Å². The lowest BCUT2D eigenvalue weighted by Crippen LogP contribution is -2.40. The summed E-state index contributed by atoms with van der Waals surface area (Å²) in [7, 11) is 0. The van der Waals surface area contributed by atoms with Gasteiger partial charge >= 0.3 is 0 Å². The smallest absolute Gasteiger partial charge is 0.0349 e. The van der Waals surface area contributed by atoms with Crippen molar-refractivity contribution in [1.82, 2.24) is 0 Å². The van der Waals surface area contributed by atoms with Gasteiger partial charge in [0.25, 0.3) is 0 Å². The highest BCUT2D eigenvalue weighted by molar-refractivity contribution is 5.00. The number of fused-ring (bicyclic) bond motifs is 1. The van der Waals surface area contributed by atoms with Crippen molar-refractivity contribution in [2.75, 3.05) is 0 Å². The van der Waals surface area contributed by atoms with Crippen LogP contribution in [0.15, 0.2) is 0 Å². The minimum atomic E-state index is 0.882. The third-order valence-electron chi connectivity index (χ3n) is 5.59. The fraction of sp³-hybridized carbons (Fsp3) is 1.00. The Balaban J connectivity index is 1.97. The fourth-order valence-electron chi connectivity index (χ4n) is 3.90. The van der Waals surface area contributed by atoms with E-state index in [0.717, 1.165) is 41.4 Å². The third-order valence-corrected chi connectivity index (χ3v) is 5.59. The van der Waals surface area contributed by atoms with E-state index in [9.17, 15) is 0 Å². The van der Waals surface area contributed by atoms with Gasteiger partial charge in [-0.15, -0.1) is 0 Å². The molecule has 2 rings (SSSR count). The SMILES string of the molecule is CC(C)C(C)C1CC2C(C)C(C)CC12. The van der Waals surface area contributed by atoms with Gasteiger partial charge in [-0.3, -0.25) is 0 Å². The first-order valence-corrected chi connectivity index (χ1v) is 6.52. The van der Waals surface area contributed by atoms with Crippen molar-refractivity contribution >= 4 is 0 Å². The lowest BCUT2D eigenvalue weighted by Gasteiger charge is -2.47. The highest BCUT2D eigenvalue weighted by Gasteiger charge is 2.51. The van der Waals surface area contributed by atoms with E-state index in [0.29, 0.717) is 0 Å². The van der Waals surface area contributed by atoms with Crippen molar-refractivity contribution in [2.24, 2.45) is 41.4 Å². The van der Waals surface area contributed by atoms with Crippen LogP contribution in [-0.2, 0) is 0 Å². The molecule has 0 amide bonds. The molecule has 2 saturated carbocycles. The Morgan fingerprint density at radius 3 is 2.07 bits per heavy atom. The maximum Gasteiger partial charge on any atom is -0.0349 e. The Hall–Kier alpha value is 0. The quantitative estimate of drug-likeness (QED) is 0.618. The van der Waals surface area contributed by atoms with Crippen LogP contribution < -0.4 is 0 Å². The largest absolute Gasteiger partial charge is 0.0625 e. The standard InChI is InChI=1S/C14H26/c1-8(2)10(4)12-7-13-11(5)9(3)6-14(12)13/h8-14H,6-7H2,1-5H3. The summed E-state index contributed by atoms with van der Waals surface area (Å²) in [6.45, 7) is 12.2. The lowest BCUT2D eigenvalue weighted by molar-refractivity contribution is 0.0193. The minimum absolute atomic E-state index is 0.882. The van der Waals surface area contributed by atoms with Crippen LogP contribution in [0, 0.1) is 41.4 Å². The molecular formula is C14H26. The molecule has 0 aromatic heterocycles. The Morgan fingerprint density at radius 1 is 0.929 bits per heavy atom. The maximum absolute atomic E-state index is 2.48. The molecule has 2 aliphatic rings. The summed E-state index contributed by atoms with van der Waals surface area (Å²) in [6, 6.07) is 0. The van der Waals surface area contributed by atoms with Gasteiger partial charge in [-0.2, -0.15) is 0 Å². The normalized spacial score (nSPS) is 48.9. The van der Waals surface area contributed by atoms with Crippen LogP contribution in [0.1, 0.15) is 47.5 Å². The van der Waals surface area contributed by atoms with Gasteiger partial charge in [0, 0.05) is 0 Å². The molecule has 6 unspecified atom stereocenters. The van der Waals surface area contributed by atoms with Gasteiger partial charge < -0.3 is 0 Å². The molecular weight excluding hydrogens is 168 g/mol. The first kappa shape index (κ1) is 10.5. The summed E-state index contributed by atoms with van der Waals surface area (Å²) in [6.07, 6.45) is 3.06. The van der Waals surface area contributed by atoms with Gasteiger partial charge in [0.15, 0.2) is 0 Å². The van der Waals surface area contributed by atoms with Crippen LogP contribution in [-0.4, -0.2) is 0 Å². The molecule has 0 heteroatoms. The van der Waals surface area contributed by atoms with E-state index in [1.54, 1.807) is 0 Å². The van der Waals surface area contributed by atoms with E-state index < -0.39 is 0 Å². The molecule has 0 N–H and O–H groups in total. The predicted molar refractivity (Wildman–Crippen MR) is 62.0 cm³/mol. The van der Waals surface area contributed by atoms with Gasteiger partial charge in [-0.25, -0.2) is 0 Å². The van der Waals surface area contributed by atoms with E-state index in [1.807, 2.05) is 0 Å². The monoisotopic (exact) mass is 194 g/mol. The minimum Gasteiger partial charge on any atom is -0.0625 e. The molecule has 2 fully saturated rings. The maximum atomic E-state index is 2.48. The van der Waals surface area contributed by atoms with Crippen molar-refractivity contribution < 1.29 is 0 Å². The summed E-state index contributed by atoms with van der Waals surface area (Å²) in [5.74, 6) is 7.09. The topological polar surface area (TPSA) is 0 Å². The van der Waals surface area contributed by atoms with Gasteiger partial charge in [0.1, 0.15) is 0 Å². The second-order valence-corrected chi connectivity index (χ2v) is 6.40. The zero-order chi connectivity index (χ0) is 10.5. The first-order valence-electron chi connectivity index (χ1n) is 6.52. The van der Waals surface area contributed by atoms with Gasteiger partial charge in [0.05, 0.1) is 0 Å². The molecule has 14 heavy (non-hydrogen) atoms. The Labute approximate surface area is 89.5 Å². The summed E-state index contributed by atoms with van der Waals surface area (Å²) < 4.78 is 0. The zero-order valence-electron chi connectivity index (χ0n) is 10.5. The molecule has 0 bridgehead atoms. The average Bonchev–Trinajstić information content (AvgIpc) is 2.29. The lowest BCUT2D eigenvalue weighted by atomic mass is 9.58. The van der Waals surface area contributed by atoms with Crippen molar-refractivity contribution in [3.63, 3.8) is 0 Å². The second kappa shape index (κ2) is 3.54. The Kier molecular flexibility index (Phi) is 2.66. The Bertz CT molecular complexity index is 204. The zero-order valence-corrected chi connectivity index (χ0v) is 10.5. The van der Waals surface area contributed by atoms with E-state index in [4.69, 9.17) is 0 Å². The predicted octanol–water partition coefficient (Wildman–Crippen LogP) is 4.21. The van der Waals surface area contributed by atoms with E-state index >= 15 is 0 Å². The third kappa shape index (κ3) is 1.42. The van der Waals surface area contributed by atoms with E-state index in [1.165, 1.54) is 12.8 Å².